The molecule has 0 saturated carbocycles. The largest absolute Gasteiger partial charge is 0.382 e. The van der Waals surface area contributed by atoms with E-state index in [1.54, 1.807) is 18.2 Å². The van der Waals surface area contributed by atoms with Crippen LogP contribution in [0.5, 0.6) is 0 Å². The molecule has 2 aromatic carbocycles. The van der Waals surface area contributed by atoms with Gasteiger partial charge in [-0.25, -0.2) is 13.2 Å². The number of rotatable bonds is 2. The first-order chi connectivity index (χ1) is 10.1. The molecule has 3 aromatic rings. The van der Waals surface area contributed by atoms with Crippen LogP contribution in [-0.4, -0.2) is 10.2 Å². The maximum absolute atomic E-state index is 13.9. The van der Waals surface area contributed by atoms with Crippen LogP contribution in [0.15, 0.2) is 42.5 Å². The Bertz CT molecular complexity index is 812. The van der Waals surface area contributed by atoms with Crippen LogP contribution < -0.4 is 5.73 Å². The Morgan fingerprint density at radius 2 is 1.67 bits per heavy atom. The third-order valence-corrected chi connectivity index (χ3v) is 3.15. The Balaban J connectivity index is 2.22. The van der Waals surface area contributed by atoms with Crippen LogP contribution in [0.1, 0.15) is 0 Å². The summed E-state index contributed by atoms with van der Waals surface area (Å²) in [7, 11) is 0. The van der Waals surface area contributed by atoms with Crippen LogP contribution in [0.25, 0.3) is 22.4 Å². The lowest BCUT2D eigenvalue weighted by molar-refractivity contribution is 0.509. The van der Waals surface area contributed by atoms with Crippen molar-refractivity contribution in [2.24, 2.45) is 0 Å². The highest BCUT2D eigenvalue weighted by molar-refractivity contribution is 5.87. The van der Waals surface area contributed by atoms with E-state index < -0.39 is 17.5 Å². The third-order valence-electron chi connectivity index (χ3n) is 3.15. The smallest absolute Gasteiger partial charge is 0.159 e. The fourth-order valence-electron chi connectivity index (χ4n) is 2.15. The average Bonchev–Trinajstić information content (AvgIpc) is 2.84. The number of anilines is 1. The lowest BCUT2D eigenvalue weighted by atomic mass is 10.0. The molecule has 1 heterocycles. The Kier molecular flexibility index (Phi) is 3.13. The minimum Gasteiger partial charge on any atom is -0.382 e. The second-order valence-electron chi connectivity index (χ2n) is 4.47. The molecule has 0 fully saturated rings. The van der Waals surface area contributed by atoms with E-state index in [0.717, 1.165) is 12.1 Å². The minimum absolute atomic E-state index is 0.0832. The van der Waals surface area contributed by atoms with Crippen molar-refractivity contribution in [3.63, 3.8) is 0 Å². The molecule has 3 nitrogen and oxygen atoms in total. The molecule has 0 aliphatic rings. The van der Waals surface area contributed by atoms with Crippen molar-refractivity contribution < 1.29 is 13.2 Å². The number of hydrogen-bond donors (Lipinski definition) is 2. The maximum Gasteiger partial charge on any atom is 0.159 e. The van der Waals surface area contributed by atoms with Gasteiger partial charge in [-0.3, -0.25) is 5.10 Å². The Morgan fingerprint density at radius 1 is 0.905 bits per heavy atom. The molecule has 106 valence electrons. The molecule has 0 amide bonds. The summed E-state index contributed by atoms with van der Waals surface area (Å²) in [5.41, 5.74) is 6.99. The van der Waals surface area contributed by atoms with Crippen molar-refractivity contribution in [2.45, 2.75) is 0 Å². The molecule has 0 spiro atoms. The van der Waals surface area contributed by atoms with E-state index in [4.69, 9.17) is 5.73 Å². The number of nitrogens with one attached hydrogen (secondary N) is 1. The van der Waals surface area contributed by atoms with E-state index in [1.807, 2.05) is 0 Å². The summed E-state index contributed by atoms with van der Waals surface area (Å²) < 4.78 is 40.3. The van der Waals surface area contributed by atoms with Gasteiger partial charge in [0.05, 0.1) is 11.3 Å². The highest BCUT2D eigenvalue weighted by Gasteiger charge is 2.18. The van der Waals surface area contributed by atoms with Crippen molar-refractivity contribution in [1.82, 2.24) is 10.2 Å². The zero-order valence-corrected chi connectivity index (χ0v) is 10.7. The molecule has 0 saturated heterocycles. The lowest BCUT2D eigenvalue weighted by Crippen LogP contribution is -1.92. The SMILES string of the molecule is Nc1n[nH]c(-c2ccc(F)c(F)c2)c1-c1ccccc1F. The molecule has 0 atom stereocenters. The average molecular weight is 289 g/mol. The van der Waals surface area contributed by atoms with Crippen molar-refractivity contribution in [2.75, 3.05) is 5.73 Å². The van der Waals surface area contributed by atoms with Crippen molar-refractivity contribution in [3.8, 4) is 22.4 Å². The summed E-state index contributed by atoms with van der Waals surface area (Å²) in [5, 5.41) is 6.46. The number of benzene rings is 2. The molecular formula is C15H10F3N3. The van der Waals surface area contributed by atoms with Crippen LogP contribution >= 0.6 is 0 Å². The predicted octanol–water partition coefficient (Wildman–Crippen LogP) is 3.74. The van der Waals surface area contributed by atoms with Crippen molar-refractivity contribution in [3.05, 3.63) is 59.9 Å². The predicted molar refractivity (Wildman–Crippen MR) is 73.7 cm³/mol. The van der Waals surface area contributed by atoms with Gasteiger partial charge in [0.1, 0.15) is 5.82 Å². The molecule has 1 aromatic heterocycles. The molecule has 21 heavy (non-hydrogen) atoms. The summed E-state index contributed by atoms with van der Waals surface area (Å²) in [6, 6.07) is 9.40. The van der Waals surface area contributed by atoms with Gasteiger partial charge < -0.3 is 5.73 Å². The van der Waals surface area contributed by atoms with Crippen LogP contribution in [0, 0.1) is 17.5 Å². The first-order valence-corrected chi connectivity index (χ1v) is 6.12. The van der Waals surface area contributed by atoms with Gasteiger partial charge in [-0.15, -0.1) is 0 Å². The summed E-state index contributed by atoms with van der Waals surface area (Å²) in [4.78, 5) is 0. The number of aromatic nitrogens is 2. The van der Waals surface area contributed by atoms with Crippen LogP contribution in [0.3, 0.4) is 0 Å². The minimum atomic E-state index is -1.000. The van der Waals surface area contributed by atoms with E-state index in [2.05, 4.69) is 10.2 Å². The Labute approximate surface area is 118 Å². The van der Waals surface area contributed by atoms with Gasteiger partial charge in [-0.2, -0.15) is 5.10 Å². The van der Waals surface area contributed by atoms with Gasteiger partial charge in [-0.05, 0) is 24.3 Å². The van der Waals surface area contributed by atoms with Crippen molar-refractivity contribution >= 4 is 5.82 Å². The van der Waals surface area contributed by atoms with Crippen LogP contribution in [0.2, 0.25) is 0 Å². The monoisotopic (exact) mass is 289 g/mol. The van der Waals surface area contributed by atoms with Gasteiger partial charge in [0.2, 0.25) is 0 Å². The normalized spacial score (nSPS) is 10.8. The first-order valence-electron chi connectivity index (χ1n) is 6.12. The summed E-state index contributed by atoms with van der Waals surface area (Å²) in [5.74, 6) is -2.35. The molecule has 0 unspecified atom stereocenters. The van der Waals surface area contributed by atoms with Crippen LogP contribution in [0.4, 0.5) is 19.0 Å². The molecule has 0 bridgehead atoms. The number of nitrogens with zero attached hydrogens (tertiary/aromatic N) is 1. The fourth-order valence-corrected chi connectivity index (χ4v) is 2.15. The summed E-state index contributed by atoms with van der Waals surface area (Å²) >= 11 is 0. The zero-order chi connectivity index (χ0) is 15.0. The molecule has 6 heteroatoms. The van der Waals surface area contributed by atoms with E-state index in [-0.39, 0.29) is 11.4 Å². The number of aromatic amines is 1. The quantitative estimate of drug-likeness (QED) is 0.755. The standard InChI is InChI=1S/C15H10F3N3/c16-10-4-2-1-3-9(10)13-14(20-21-15(13)19)8-5-6-11(17)12(18)7-8/h1-7H,(H3,19,20,21). The number of nitrogen functional groups attached to an aromatic ring is 1. The van der Waals surface area contributed by atoms with E-state index >= 15 is 0 Å². The number of halogens is 3. The highest BCUT2D eigenvalue weighted by atomic mass is 19.2. The van der Waals surface area contributed by atoms with Crippen molar-refractivity contribution in [1.29, 1.82) is 0 Å². The first kappa shape index (κ1) is 13.2. The third kappa shape index (κ3) is 2.24. The molecular weight excluding hydrogens is 279 g/mol. The summed E-state index contributed by atoms with van der Waals surface area (Å²) in [6.07, 6.45) is 0. The summed E-state index contributed by atoms with van der Waals surface area (Å²) in [6.45, 7) is 0. The number of nitrogens with two attached hydrogens (primary N) is 1. The van der Waals surface area contributed by atoms with Gasteiger partial charge in [0.15, 0.2) is 17.5 Å². The van der Waals surface area contributed by atoms with E-state index in [1.165, 1.54) is 12.1 Å². The molecule has 0 aliphatic heterocycles. The van der Waals surface area contributed by atoms with Gasteiger partial charge in [-0.1, -0.05) is 18.2 Å². The topological polar surface area (TPSA) is 54.7 Å². The van der Waals surface area contributed by atoms with Gasteiger partial charge in [0, 0.05) is 11.1 Å². The maximum atomic E-state index is 13.9. The number of hydrogen-bond acceptors (Lipinski definition) is 2. The zero-order valence-electron chi connectivity index (χ0n) is 10.7. The van der Waals surface area contributed by atoms with E-state index in [9.17, 15) is 13.2 Å². The van der Waals surface area contributed by atoms with E-state index in [0.29, 0.717) is 16.8 Å². The van der Waals surface area contributed by atoms with Crippen LogP contribution in [-0.2, 0) is 0 Å². The Morgan fingerprint density at radius 3 is 2.38 bits per heavy atom. The highest BCUT2D eigenvalue weighted by Crippen LogP contribution is 2.36. The fraction of sp³-hybridized carbons (Fsp3) is 0. The second-order valence-corrected chi connectivity index (χ2v) is 4.47. The van der Waals surface area contributed by atoms with Gasteiger partial charge >= 0.3 is 0 Å². The molecule has 0 aliphatic carbocycles. The molecule has 0 radical (unpaired) electrons. The van der Waals surface area contributed by atoms with Gasteiger partial charge in [0.25, 0.3) is 0 Å². The molecule has 3 rings (SSSR count). The number of H-pyrrole nitrogens is 1. The molecule has 3 N–H and O–H groups in total. The lowest BCUT2D eigenvalue weighted by Gasteiger charge is -2.06. The Hall–Kier alpha value is -2.76. The second kappa shape index (κ2) is 4.97.